The Kier molecular flexibility index (Phi) is 3.45. The van der Waals surface area contributed by atoms with Crippen molar-refractivity contribution in [1.29, 1.82) is 0 Å². The number of H-pyrrole nitrogens is 2. The van der Waals surface area contributed by atoms with Gasteiger partial charge in [0.05, 0.1) is 6.20 Å². The van der Waals surface area contributed by atoms with E-state index >= 15 is 0 Å². The molecule has 0 saturated heterocycles. The van der Waals surface area contributed by atoms with Crippen molar-refractivity contribution in [2.24, 2.45) is 5.92 Å². The fourth-order valence-corrected chi connectivity index (χ4v) is 1.84. The smallest absolute Gasteiger partial charge is 0.263 e. The number of hydrogen-bond donors (Lipinski definition) is 3. The van der Waals surface area contributed by atoms with Crippen LogP contribution < -0.4 is 10.9 Å². The number of nitrogens with one attached hydrogen (secondary N) is 3. The molecule has 0 bridgehead atoms. The SMILES string of the molecule is O=c1[nH]c(NCCCOCC2CC2)nc2[nH]ncc12. The molecular formula is C12H17N5O2. The predicted octanol–water partition coefficient (Wildman–Crippen LogP) is 0.875. The number of ether oxygens (including phenoxy) is 1. The number of hydrogen-bond acceptors (Lipinski definition) is 5. The van der Waals surface area contributed by atoms with Crippen molar-refractivity contribution < 1.29 is 4.74 Å². The number of anilines is 1. The minimum atomic E-state index is -0.189. The first-order valence-corrected chi connectivity index (χ1v) is 6.58. The summed E-state index contributed by atoms with van der Waals surface area (Å²) < 4.78 is 5.53. The van der Waals surface area contributed by atoms with Crippen LogP contribution in [0.3, 0.4) is 0 Å². The van der Waals surface area contributed by atoms with Crippen molar-refractivity contribution in [3.05, 3.63) is 16.6 Å². The molecule has 0 aliphatic heterocycles. The summed E-state index contributed by atoms with van der Waals surface area (Å²) in [5.74, 6) is 1.26. The highest BCUT2D eigenvalue weighted by Gasteiger charge is 2.20. The average molecular weight is 263 g/mol. The van der Waals surface area contributed by atoms with E-state index in [0.29, 0.717) is 23.5 Å². The molecule has 3 N–H and O–H groups in total. The van der Waals surface area contributed by atoms with Gasteiger partial charge >= 0.3 is 0 Å². The van der Waals surface area contributed by atoms with E-state index in [9.17, 15) is 4.79 Å². The second kappa shape index (κ2) is 5.40. The van der Waals surface area contributed by atoms with Crippen LogP contribution in [0, 0.1) is 5.92 Å². The molecule has 1 saturated carbocycles. The first kappa shape index (κ1) is 12.2. The molecule has 1 aliphatic carbocycles. The number of fused-ring (bicyclic) bond motifs is 1. The molecule has 3 rings (SSSR count). The third kappa shape index (κ3) is 3.11. The molecule has 0 spiro atoms. The highest BCUT2D eigenvalue weighted by Crippen LogP contribution is 2.28. The van der Waals surface area contributed by atoms with Crippen molar-refractivity contribution in [2.45, 2.75) is 19.3 Å². The van der Waals surface area contributed by atoms with Crippen LogP contribution in [0.5, 0.6) is 0 Å². The Morgan fingerprint density at radius 3 is 3.21 bits per heavy atom. The van der Waals surface area contributed by atoms with E-state index in [2.05, 4.69) is 25.5 Å². The van der Waals surface area contributed by atoms with Crippen molar-refractivity contribution in [1.82, 2.24) is 20.2 Å². The molecule has 0 radical (unpaired) electrons. The maximum absolute atomic E-state index is 11.7. The van der Waals surface area contributed by atoms with E-state index in [-0.39, 0.29) is 5.56 Å². The Labute approximate surface area is 109 Å². The molecule has 102 valence electrons. The number of aromatic nitrogens is 4. The molecule has 0 unspecified atom stereocenters. The molecular weight excluding hydrogens is 246 g/mol. The van der Waals surface area contributed by atoms with E-state index in [1.165, 1.54) is 19.0 Å². The number of rotatable bonds is 7. The molecule has 0 aromatic carbocycles. The maximum Gasteiger partial charge on any atom is 0.263 e. The number of aromatic amines is 2. The van der Waals surface area contributed by atoms with Gasteiger partial charge in [-0.3, -0.25) is 14.9 Å². The fourth-order valence-electron chi connectivity index (χ4n) is 1.84. The molecule has 0 atom stereocenters. The molecule has 2 aromatic rings. The molecule has 0 amide bonds. The van der Waals surface area contributed by atoms with Crippen LogP contribution in [0.4, 0.5) is 5.95 Å². The van der Waals surface area contributed by atoms with Crippen molar-refractivity contribution in [3.63, 3.8) is 0 Å². The van der Waals surface area contributed by atoms with E-state index in [0.717, 1.165) is 25.6 Å². The van der Waals surface area contributed by atoms with Gasteiger partial charge in [-0.15, -0.1) is 0 Å². The van der Waals surface area contributed by atoms with Crippen molar-refractivity contribution in [2.75, 3.05) is 25.1 Å². The van der Waals surface area contributed by atoms with E-state index in [4.69, 9.17) is 4.74 Å². The molecule has 19 heavy (non-hydrogen) atoms. The molecule has 2 aromatic heterocycles. The summed E-state index contributed by atoms with van der Waals surface area (Å²) in [5, 5.41) is 10.0. The van der Waals surface area contributed by atoms with Gasteiger partial charge in [-0.25, -0.2) is 0 Å². The summed E-state index contributed by atoms with van der Waals surface area (Å²) in [6, 6.07) is 0. The summed E-state index contributed by atoms with van der Waals surface area (Å²) in [7, 11) is 0. The van der Waals surface area contributed by atoms with Gasteiger partial charge in [0.15, 0.2) is 5.65 Å². The van der Waals surface area contributed by atoms with E-state index < -0.39 is 0 Å². The second-order valence-electron chi connectivity index (χ2n) is 4.85. The maximum atomic E-state index is 11.7. The van der Waals surface area contributed by atoms with Crippen LogP contribution >= 0.6 is 0 Å². The predicted molar refractivity (Wildman–Crippen MR) is 71.2 cm³/mol. The monoisotopic (exact) mass is 263 g/mol. The quantitative estimate of drug-likeness (QED) is 0.644. The summed E-state index contributed by atoms with van der Waals surface area (Å²) in [6.07, 6.45) is 4.98. The lowest BCUT2D eigenvalue weighted by molar-refractivity contribution is 0.124. The zero-order chi connectivity index (χ0) is 13.1. The molecule has 1 aliphatic rings. The standard InChI is InChI=1S/C12H17N5O2/c18-11-9-6-14-17-10(9)15-12(16-11)13-4-1-5-19-7-8-2-3-8/h6,8H,1-5,7H2,(H3,13,14,15,16,17,18). The Balaban J connectivity index is 1.46. The lowest BCUT2D eigenvalue weighted by Crippen LogP contribution is -2.14. The van der Waals surface area contributed by atoms with Gasteiger partial charge in [0.2, 0.25) is 5.95 Å². The molecule has 7 heteroatoms. The Bertz CT molecular complexity index is 601. The second-order valence-corrected chi connectivity index (χ2v) is 4.85. The van der Waals surface area contributed by atoms with Crippen LogP contribution in [-0.4, -0.2) is 39.9 Å². The normalized spacial score (nSPS) is 14.9. The topological polar surface area (TPSA) is 95.7 Å². The zero-order valence-corrected chi connectivity index (χ0v) is 10.6. The van der Waals surface area contributed by atoms with Gasteiger partial charge < -0.3 is 10.1 Å². The zero-order valence-electron chi connectivity index (χ0n) is 10.6. The lowest BCUT2D eigenvalue weighted by atomic mass is 10.4. The van der Waals surface area contributed by atoms with E-state index in [1.54, 1.807) is 0 Å². The molecule has 1 fully saturated rings. The third-order valence-corrected chi connectivity index (χ3v) is 3.13. The van der Waals surface area contributed by atoms with Crippen molar-refractivity contribution >= 4 is 17.0 Å². The van der Waals surface area contributed by atoms with Crippen molar-refractivity contribution in [3.8, 4) is 0 Å². The lowest BCUT2D eigenvalue weighted by Gasteiger charge is -2.05. The van der Waals surface area contributed by atoms with Crippen LogP contribution in [0.25, 0.3) is 11.0 Å². The van der Waals surface area contributed by atoms with E-state index in [1.807, 2.05) is 0 Å². The molecule has 7 nitrogen and oxygen atoms in total. The minimum absolute atomic E-state index is 0.189. The van der Waals surface area contributed by atoms with Crippen LogP contribution in [0.2, 0.25) is 0 Å². The van der Waals surface area contributed by atoms with Gasteiger partial charge in [-0.1, -0.05) is 0 Å². The Hall–Kier alpha value is -1.89. The first-order chi connectivity index (χ1) is 9.33. The summed E-state index contributed by atoms with van der Waals surface area (Å²) in [4.78, 5) is 18.6. The summed E-state index contributed by atoms with van der Waals surface area (Å²) in [5.41, 5.74) is 0.308. The summed E-state index contributed by atoms with van der Waals surface area (Å²) >= 11 is 0. The van der Waals surface area contributed by atoms with Gasteiger partial charge in [0, 0.05) is 19.8 Å². The Morgan fingerprint density at radius 2 is 2.37 bits per heavy atom. The highest BCUT2D eigenvalue weighted by atomic mass is 16.5. The fraction of sp³-hybridized carbons (Fsp3) is 0.583. The first-order valence-electron chi connectivity index (χ1n) is 6.58. The number of nitrogens with zero attached hydrogens (tertiary/aromatic N) is 2. The van der Waals surface area contributed by atoms with Crippen LogP contribution in [0.15, 0.2) is 11.0 Å². The largest absolute Gasteiger partial charge is 0.381 e. The van der Waals surface area contributed by atoms with Gasteiger partial charge in [-0.2, -0.15) is 10.1 Å². The van der Waals surface area contributed by atoms with Gasteiger partial charge in [0.1, 0.15) is 5.39 Å². The van der Waals surface area contributed by atoms with Crippen LogP contribution in [0.1, 0.15) is 19.3 Å². The summed E-state index contributed by atoms with van der Waals surface area (Å²) in [6.45, 7) is 2.34. The highest BCUT2D eigenvalue weighted by molar-refractivity contribution is 5.73. The third-order valence-electron chi connectivity index (χ3n) is 3.13. The minimum Gasteiger partial charge on any atom is -0.381 e. The van der Waals surface area contributed by atoms with Gasteiger partial charge in [-0.05, 0) is 25.2 Å². The Morgan fingerprint density at radius 1 is 1.47 bits per heavy atom. The van der Waals surface area contributed by atoms with Gasteiger partial charge in [0.25, 0.3) is 5.56 Å². The van der Waals surface area contributed by atoms with Crippen LogP contribution in [-0.2, 0) is 4.74 Å². The average Bonchev–Trinajstić information content (AvgIpc) is 3.09. The molecule has 2 heterocycles.